The first-order chi connectivity index (χ1) is 8.45. The molecule has 2 heteroatoms. The van der Waals surface area contributed by atoms with Crippen molar-refractivity contribution in [3.63, 3.8) is 0 Å². The third-order valence-corrected chi connectivity index (χ3v) is 4.15. The number of rotatable bonds is 1. The Morgan fingerprint density at radius 1 is 1.06 bits per heavy atom. The van der Waals surface area contributed by atoms with Crippen molar-refractivity contribution in [1.29, 1.82) is 0 Å². The lowest BCUT2D eigenvalue weighted by molar-refractivity contribution is 0.190. The number of aryl methyl sites for hydroxylation is 1. The Morgan fingerprint density at radius 3 is 3.00 bits per heavy atom. The SMILES string of the molecule is c1ccc2c(c1)CCC[C@@H]2N1CCCNCC1. The quantitative estimate of drug-likeness (QED) is 0.797. The molecule has 2 nitrogen and oxygen atoms in total. The normalized spacial score (nSPS) is 26.2. The highest BCUT2D eigenvalue weighted by Gasteiger charge is 2.25. The van der Waals surface area contributed by atoms with Crippen molar-refractivity contribution in [2.75, 3.05) is 26.2 Å². The Morgan fingerprint density at radius 2 is 2.00 bits per heavy atom. The number of benzene rings is 1. The van der Waals surface area contributed by atoms with Crippen LogP contribution in [0, 0.1) is 0 Å². The molecule has 2 aliphatic rings. The minimum absolute atomic E-state index is 0.680. The summed E-state index contributed by atoms with van der Waals surface area (Å²) < 4.78 is 0. The Bertz CT molecular complexity index is 367. The van der Waals surface area contributed by atoms with E-state index in [0.717, 1.165) is 6.54 Å². The van der Waals surface area contributed by atoms with E-state index >= 15 is 0 Å². The van der Waals surface area contributed by atoms with Crippen LogP contribution in [-0.4, -0.2) is 31.1 Å². The summed E-state index contributed by atoms with van der Waals surface area (Å²) in [6.07, 6.45) is 5.26. The minimum atomic E-state index is 0.680. The highest BCUT2D eigenvalue weighted by Crippen LogP contribution is 2.34. The first-order valence-corrected chi connectivity index (χ1v) is 6.98. The van der Waals surface area contributed by atoms with Gasteiger partial charge >= 0.3 is 0 Å². The van der Waals surface area contributed by atoms with Gasteiger partial charge < -0.3 is 5.32 Å². The largest absolute Gasteiger partial charge is 0.315 e. The Hall–Kier alpha value is -0.860. The van der Waals surface area contributed by atoms with Crippen LogP contribution in [0.5, 0.6) is 0 Å². The number of nitrogens with one attached hydrogen (secondary N) is 1. The Labute approximate surface area is 104 Å². The molecule has 1 fully saturated rings. The topological polar surface area (TPSA) is 15.3 Å². The van der Waals surface area contributed by atoms with E-state index in [0.29, 0.717) is 6.04 Å². The second-order valence-electron chi connectivity index (χ2n) is 5.25. The fourth-order valence-electron chi connectivity index (χ4n) is 3.29. The van der Waals surface area contributed by atoms with Gasteiger partial charge in [0.2, 0.25) is 0 Å². The number of hydrogen-bond donors (Lipinski definition) is 1. The van der Waals surface area contributed by atoms with Crippen LogP contribution < -0.4 is 5.32 Å². The molecule has 1 aromatic carbocycles. The average Bonchev–Trinajstić information content (AvgIpc) is 2.67. The van der Waals surface area contributed by atoms with Gasteiger partial charge in [-0.2, -0.15) is 0 Å². The van der Waals surface area contributed by atoms with Crippen LogP contribution in [-0.2, 0) is 6.42 Å². The van der Waals surface area contributed by atoms with Gasteiger partial charge in [0.05, 0.1) is 0 Å². The summed E-state index contributed by atoms with van der Waals surface area (Å²) in [7, 11) is 0. The molecule has 1 aromatic rings. The third-order valence-electron chi connectivity index (χ3n) is 4.15. The van der Waals surface area contributed by atoms with Gasteiger partial charge in [0.15, 0.2) is 0 Å². The molecule has 1 aliphatic carbocycles. The van der Waals surface area contributed by atoms with Gasteiger partial charge in [-0.15, -0.1) is 0 Å². The van der Waals surface area contributed by atoms with Crippen LogP contribution in [0.4, 0.5) is 0 Å². The smallest absolute Gasteiger partial charge is 0.0351 e. The minimum Gasteiger partial charge on any atom is -0.315 e. The Balaban J connectivity index is 1.83. The van der Waals surface area contributed by atoms with E-state index in [1.54, 1.807) is 11.1 Å². The maximum Gasteiger partial charge on any atom is 0.0351 e. The molecule has 3 rings (SSSR count). The zero-order chi connectivity index (χ0) is 11.5. The summed E-state index contributed by atoms with van der Waals surface area (Å²) in [4.78, 5) is 2.69. The average molecular weight is 230 g/mol. The van der Waals surface area contributed by atoms with Gasteiger partial charge in [-0.05, 0) is 43.4 Å². The van der Waals surface area contributed by atoms with Gasteiger partial charge in [-0.25, -0.2) is 0 Å². The fourth-order valence-corrected chi connectivity index (χ4v) is 3.29. The third kappa shape index (κ3) is 2.38. The standard InChI is InChI=1S/C15H22N2/c1-2-7-14-13(5-1)6-3-8-15(14)17-11-4-9-16-10-12-17/h1-2,5,7,15-16H,3-4,6,8-12H2/t15-/m0/s1. The van der Waals surface area contributed by atoms with E-state index in [4.69, 9.17) is 0 Å². The molecule has 1 heterocycles. The van der Waals surface area contributed by atoms with Gasteiger partial charge in [-0.3, -0.25) is 4.90 Å². The van der Waals surface area contributed by atoms with Crippen molar-refractivity contribution < 1.29 is 0 Å². The lowest BCUT2D eigenvalue weighted by Crippen LogP contribution is -2.34. The molecule has 1 N–H and O–H groups in total. The molecule has 0 bridgehead atoms. The van der Waals surface area contributed by atoms with Crippen LogP contribution >= 0.6 is 0 Å². The zero-order valence-corrected chi connectivity index (χ0v) is 10.5. The molecule has 0 saturated carbocycles. The summed E-state index contributed by atoms with van der Waals surface area (Å²) in [5.41, 5.74) is 3.18. The van der Waals surface area contributed by atoms with E-state index < -0.39 is 0 Å². The van der Waals surface area contributed by atoms with E-state index in [9.17, 15) is 0 Å². The van der Waals surface area contributed by atoms with Gasteiger partial charge in [-0.1, -0.05) is 24.3 Å². The predicted molar refractivity (Wildman–Crippen MR) is 71.2 cm³/mol. The second-order valence-corrected chi connectivity index (χ2v) is 5.25. The zero-order valence-electron chi connectivity index (χ0n) is 10.5. The van der Waals surface area contributed by atoms with E-state index in [2.05, 4.69) is 34.5 Å². The maximum absolute atomic E-state index is 3.50. The first kappa shape index (κ1) is 11.2. The van der Waals surface area contributed by atoms with E-state index in [1.165, 1.54) is 45.3 Å². The van der Waals surface area contributed by atoms with Gasteiger partial charge in [0.1, 0.15) is 0 Å². The molecule has 1 saturated heterocycles. The van der Waals surface area contributed by atoms with Crippen molar-refractivity contribution in [1.82, 2.24) is 10.2 Å². The van der Waals surface area contributed by atoms with E-state index in [1.807, 2.05) is 0 Å². The molecule has 0 spiro atoms. The first-order valence-electron chi connectivity index (χ1n) is 6.98. The lowest BCUT2D eigenvalue weighted by Gasteiger charge is -2.35. The highest BCUT2D eigenvalue weighted by molar-refractivity contribution is 5.32. The van der Waals surface area contributed by atoms with E-state index in [-0.39, 0.29) is 0 Å². The molecule has 1 aliphatic heterocycles. The molecular weight excluding hydrogens is 208 g/mol. The molecule has 92 valence electrons. The van der Waals surface area contributed by atoms with Crippen LogP contribution in [0.25, 0.3) is 0 Å². The number of nitrogens with zero attached hydrogens (tertiary/aromatic N) is 1. The summed E-state index contributed by atoms with van der Waals surface area (Å²) in [5, 5.41) is 3.50. The fraction of sp³-hybridized carbons (Fsp3) is 0.600. The molecule has 1 atom stereocenters. The molecule has 0 radical (unpaired) electrons. The summed E-state index contributed by atoms with van der Waals surface area (Å²) in [5.74, 6) is 0. The van der Waals surface area contributed by atoms with Crippen molar-refractivity contribution in [2.24, 2.45) is 0 Å². The van der Waals surface area contributed by atoms with Gasteiger partial charge in [0, 0.05) is 25.7 Å². The molecule has 0 amide bonds. The summed E-state index contributed by atoms with van der Waals surface area (Å²) in [6.45, 7) is 4.80. The highest BCUT2D eigenvalue weighted by atomic mass is 15.2. The molecule has 0 aromatic heterocycles. The second kappa shape index (κ2) is 5.19. The Kier molecular flexibility index (Phi) is 3.44. The van der Waals surface area contributed by atoms with Crippen molar-refractivity contribution >= 4 is 0 Å². The van der Waals surface area contributed by atoms with Gasteiger partial charge in [0.25, 0.3) is 0 Å². The predicted octanol–water partition coefficient (Wildman–Crippen LogP) is 2.36. The summed E-state index contributed by atoms with van der Waals surface area (Å²) in [6, 6.07) is 9.73. The maximum atomic E-state index is 3.50. The van der Waals surface area contributed by atoms with Crippen LogP contribution in [0.2, 0.25) is 0 Å². The monoisotopic (exact) mass is 230 g/mol. The number of fused-ring (bicyclic) bond motifs is 1. The molecule has 0 unspecified atom stereocenters. The van der Waals surface area contributed by atoms with Crippen molar-refractivity contribution in [3.05, 3.63) is 35.4 Å². The lowest BCUT2D eigenvalue weighted by atomic mass is 9.87. The van der Waals surface area contributed by atoms with Crippen LogP contribution in [0.15, 0.2) is 24.3 Å². The van der Waals surface area contributed by atoms with Crippen molar-refractivity contribution in [3.8, 4) is 0 Å². The molecular formula is C15H22N2. The van der Waals surface area contributed by atoms with Crippen LogP contribution in [0.3, 0.4) is 0 Å². The van der Waals surface area contributed by atoms with Crippen molar-refractivity contribution in [2.45, 2.75) is 31.7 Å². The summed E-state index contributed by atoms with van der Waals surface area (Å²) >= 11 is 0. The molecule has 17 heavy (non-hydrogen) atoms. The van der Waals surface area contributed by atoms with Crippen LogP contribution in [0.1, 0.15) is 36.4 Å². The number of hydrogen-bond acceptors (Lipinski definition) is 2.